The molecule has 0 aliphatic rings. The Hall–Kier alpha value is -4.60. The van der Waals surface area contributed by atoms with Gasteiger partial charge in [-0.2, -0.15) is 4.98 Å². The third kappa shape index (κ3) is 3.83. The SMILES string of the molecule is O=C(NNc1ncnc(Oc2cccc3ccccc23)c1[N+](=O)[O-])c1cccnc1. The molecule has 0 spiro atoms. The number of amides is 1. The molecule has 0 radical (unpaired) electrons. The Bertz CT molecular complexity index is 1230. The summed E-state index contributed by atoms with van der Waals surface area (Å²) < 4.78 is 5.76. The smallest absolute Gasteiger partial charge is 0.374 e. The molecule has 4 rings (SSSR count). The van der Waals surface area contributed by atoms with E-state index in [1.807, 2.05) is 30.3 Å². The Balaban J connectivity index is 1.63. The van der Waals surface area contributed by atoms with Crippen LogP contribution in [0.2, 0.25) is 0 Å². The first kappa shape index (κ1) is 18.7. The lowest BCUT2D eigenvalue weighted by Gasteiger charge is -2.11. The van der Waals surface area contributed by atoms with Crippen molar-refractivity contribution < 1.29 is 14.5 Å². The average molecular weight is 402 g/mol. The minimum absolute atomic E-state index is 0.220. The van der Waals surface area contributed by atoms with Gasteiger partial charge in [-0.15, -0.1) is 0 Å². The number of hydrogen-bond acceptors (Lipinski definition) is 8. The monoisotopic (exact) mass is 402 g/mol. The largest absolute Gasteiger partial charge is 0.433 e. The molecule has 2 aromatic heterocycles. The molecule has 0 fully saturated rings. The van der Waals surface area contributed by atoms with Crippen molar-refractivity contribution in [2.24, 2.45) is 0 Å². The lowest BCUT2D eigenvalue weighted by molar-refractivity contribution is -0.385. The van der Waals surface area contributed by atoms with E-state index in [2.05, 4.69) is 25.8 Å². The Morgan fingerprint density at radius 3 is 2.67 bits per heavy atom. The third-order valence-electron chi connectivity index (χ3n) is 4.15. The van der Waals surface area contributed by atoms with E-state index in [4.69, 9.17) is 4.74 Å². The van der Waals surface area contributed by atoms with E-state index in [9.17, 15) is 14.9 Å². The normalized spacial score (nSPS) is 10.4. The number of aromatic nitrogens is 3. The minimum atomic E-state index is -0.682. The third-order valence-corrected chi connectivity index (χ3v) is 4.15. The molecule has 2 aromatic carbocycles. The highest BCUT2D eigenvalue weighted by atomic mass is 16.6. The number of pyridine rings is 1. The van der Waals surface area contributed by atoms with Crippen LogP contribution in [0.3, 0.4) is 0 Å². The summed E-state index contributed by atoms with van der Waals surface area (Å²) in [5.41, 5.74) is 4.56. The number of fused-ring (bicyclic) bond motifs is 1. The molecule has 0 unspecified atom stereocenters. The summed E-state index contributed by atoms with van der Waals surface area (Å²) in [5.74, 6) is -0.611. The predicted octanol–water partition coefficient (Wildman–Crippen LogP) is 3.48. The van der Waals surface area contributed by atoms with Gasteiger partial charge in [0.15, 0.2) is 0 Å². The van der Waals surface area contributed by atoms with Gasteiger partial charge in [0.05, 0.1) is 10.5 Å². The Morgan fingerprint density at radius 1 is 1.03 bits per heavy atom. The van der Waals surface area contributed by atoms with Crippen molar-refractivity contribution in [2.45, 2.75) is 0 Å². The highest BCUT2D eigenvalue weighted by Gasteiger charge is 2.26. The first-order valence-electron chi connectivity index (χ1n) is 8.75. The van der Waals surface area contributed by atoms with Crippen molar-refractivity contribution in [1.82, 2.24) is 20.4 Å². The van der Waals surface area contributed by atoms with Crippen LogP contribution in [0.5, 0.6) is 11.6 Å². The van der Waals surface area contributed by atoms with E-state index in [1.54, 1.807) is 24.3 Å². The fraction of sp³-hybridized carbons (Fsp3) is 0. The van der Waals surface area contributed by atoms with Gasteiger partial charge in [0, 0.05) is 17.8 Å². The molecule has 1 amide bonds. The van der Waals surface area contributed by atoms with Crippen LogP contribution in [-0.4, -0.2) is 25.8 Å². The summed E-state index contributed by atoms with van der Waals surface area (Å²) in [6.45, 7) is 0. The molecule has 10 nitrogen and oxygen atoms in total. The molecule has 148 valence electrons. The van der Waals surface area contributed by atoms with Crippen molar-refractivity contribution in [3.05, 3.63) is 89.0 Å². The Labute approximate surface area is 169 Å². The van der Waals surface area contributed by atoms with Gasteiger partial charge in [-0.25, -0.2) is 4.98 Å². The van der Waals surface area contributed by atoms with E-state index in [0.29, 0.717) is 5.75 Å². The van der Waals surface area contributed by atoms with Crippen LogP contribution in [0.4, 0.5) is 11.5 Å². The highest BCUT2D eigenvalue weighted by molar-refractivity contribution is 5.94. The van der Waals surface area contributed by atoms with Gasteiger partial charge in [0.2, 0.25) is 5.82 Å². The number of ether oxygens (including phenoxy) is 1. The van der Waals surface area contributed by atoms with Gasteiger partial charge in [0.1, 0.15) is 12.1 Å². The van der Waals surface area contributed by atoms with E-state index >= 15 is 0 Å². The second-order valence-electron chi connectivity index (χ2n) is 6.03. The molecule has 30 heavy (non-hydrogen) atoms. The van der Waals surface area contributed by atoms with Crippen LogP contribution >= 0.6 is 0 Å². The summed E-state index contributed by atoms with van der Waals surface area (Å²) in [6.07, 6.45) is 3.99. The van der Waals surface area contributed by atoms with E-state index in [1.165, 1.54) is 12.4 Å². The molecule has 2 N–H and O–H groups in total. The zero-order valence-corrected chi connectivity index (χ0v) is 15.4. The topological polar surface area (TPSA) is 132 Å². The molecule has 2 heterocycles. The summed E-state index contributed by atoms with van der Waals surface area (Å²) >= 11 is 0. The van der Waals surface area contributed by atoms with Gasteiger partial charge >= 0.3 is 11.6 Å². The van der Waals surface area contributed by atoms with Crippen LogP contribution in [0.1, 0.15) is 10.4 Å². The molecular formula is C20H14N6O4. The standard InChI is InChI=1S/C20H14N6O4/c27-19(14-7-4-10-21-11-14)25-24-18-17(26(28)29)20(23-12-22-18)30-16-9-3-6-13-5-1-2-8-15(13)16/h1-12H,(H,25,27)(H,22,23,24). The number of carbonyl (C=O) groups excluding carboxylic acids is 1. The first-order valence-corrected chi connectivity index (χ1v) is 8.75. The minimum Gasteiger partial charge on any atom is -0.433 e. The Kier molecular flexibility index (Phi) is 5.12. The molecule has 0 atom stereocenters. The highest BCUT2D eigenvalue weighted by Crippen LogP contribution is 2.36. The molecular weight excluding hydrogens is 388 g/mol. The van der Waals surface area contributed by atoms with E-state index in [0.717, 1.165) is 17.1 Å². The van der Waals surface area contributed by atoms with Crippen molar-refractivity contribution in [1.29, 1.82) is 0 Å². The number of hydrogen-bond donors (Lipinski definition) is 2. The second-order valence-corrected chi connectivity index (χ2v) is 6.03. The zero-order valence-electron chi connectivity index (χ0n) is 15.4. The summed E-state index contributed by atoms with van der Waals surface area (Å²) in [7, 11) is 0. The Morgan fingerprint density at radius 2 is 1.87 bits per heavy atom. The molecule has 0 saturated carbocycles. The molecule has 0 saturated heterocycles. The van der Waals surface area contributed by atoms with Crippen LogP contribution in [0, 0.1) is 10.1 Å². The molecule has 4 aromatic rings. The average Bonchev–Trinajstić information content (AvgIpc) is 2.78. The number of nitrogens with zero attached hydrogens (tertiary/aromatic N) is 4. The predicted molar refractivity (Wildman–Crippen MR) is 108 cm³/mol. The number of anilines is 1. The van der Waals surface area contributed by atoms with E-state index < -0.39 is 16.5 Å². The van der Waals surface area contributed by atoms with Crippen molar-refractivity contribution in [3.8, 4) is 11.6 Å². The number of nitro groups is 1. The van der Waals surface area contributed by atoms with Crippen molar-refractivity contribution in [2.75, 3.05) is 5.43 Å². The molecule has 0 bridgehead atoms. The maximum Gasteiger partial charge on any atom is 0.374 e. The number of benzene rings is 2. The van der Waals surface area contributed by atoms with Crippen molar-refractivity contribution >= 4 is 28.2 Å². The maximum absolute atomic E-state index is 12.2. The fourth-order valence-electron chi connectivity index (χ4n) is 2.77. The lowest BCUT2D eigenvalue weighted by Crippen LogP contribution is -2.30. The molecule has 0 aliphatic heterocycles. The van der Waals surface area contributed by atoms with Gasteiger partial charge in [0.25, 0.3) is 5.91 Å². The summed E-state index contributed by atoms with van der Waals surface area (Å²) in [5, 5.41) is 13.4. The van der Waals surface area contributed by atoms with Crippen LogP contribution < -0.4 is 15.6 Å². The number of hydrazine groups is 1. The molecule has 0 aliphatic carbocycles. The number of carbonyl (C=O) groups is 1. The number of nitrogens with one attached hydrogen (secondary N) is 2. The zero-order chi connectivity index (χ0) is 20.9. The van der Waals surface area contributed by atoms with E-state index in [-0.39, 0.29) is 17.3 Å². The van der Waals surface area contributed by atoms with Gasteiger partial charge in [-0.05, 0) is 23.6 Å². The molecule has 10 heteroatoms. The van der Waals surface area contributed by atoms with Gasteiger partial charge in [-0.3, -0.25) is 30.7 Å². The van der Waals surface area contributed by atoms with Crippen LogP contribution in [0.25, 0.3) is 10.8 Å². The maximum atomic E-state index is 12.2. The van der Waals surface area contributed by atoms with Crippen LogP contribution in [0.15, 0.2) is 73.3 Å². The summed E-state index contributed by atoms with van der Waals surface area (Å²) in [4.78, 5) is 34.8. The van der Waals surface area contributed by atoms with Gasteiger partial charge < -0.3 is 4.74 Å². The second kappa shape index (κ2) is 8.19. The fourth-order valence-corrected chi connectivity index (χ4v) is 2.77. The number of rotatable bonds is 6. The van der Waals surface area contributed by atoms with Crippen molar-refractivity contribution in [3.63, 3.8) is 0 Å². The summed E-state index contributed by atoms with van der Waals surface area (Å²) in [6, 6.07) is 16.0. The lowest BCUT2D eigenvalue weighted by atomic mass is 10.1. The van der Waals surface area contributed by atoms with Gasteiger partial charge in [-0.1, -0.05) is 36.4 Å². The van der Waals surface area contributed by atoms with Crippen LogP contribution in [-0.2, 0) is 0 Å². The first-order chi connectivity index (χ1) is 14.6. The quantitative estimate of drug-likeness (QED) is 0.370.